The van der Waals surface area contributed by atoms with Gasteiger partial charge in [-0.3, -0.25) is 4.79 Å². The number of amides is 1. The number of benzene rings is 2. The Hall–Kier alpha value is -3.12. The molecule has 0 saturated heterocycles. The van der Waals surface area contributed by atoms with Crippen LogP contribution in [0.4, 0.5) is 17.3 Å². The monoisotopic (exact) mass is 382 g/mol. The Labute approximate surface area is 162 Å². The third-order valence-corrected chi connectivity index (χ3v) is 4.33. The Bertz CT molecular complexity index is 974. The van der Waals surface area contributed by atoms with E-state index in [4.69, 9.17) is 16.3 Å². The molecule has 0 spiro atoms. The highest BCUT2D eigenvalue weighted by atomic mass is 35.5. The Kier molecular flexibility index (Phi) is 5.57. The summed E-state index contributed by atoms with van der Waals surface area (Å²) in [6.45, 7) is 3.86. The average molecular weight is 383 g/mol. The molecule has 0 saturated carbocycles. The lowest BCUT2D eigenvalue weighted by atomic mass is 10.2. The van der Waals surface area contributed by atoms with Gasteiger partial charge in [0, 0.05) is 23.0 Å². The van der Waals surface area contributed by atoms with Gasteiger partial charge < -0.3 is 15.4 Å². The van der Waals surface area contributed by atoms with Gasteiger partial charge in [0.2, 0.25) is 5.95 Å². The van der Waals surface area contributed by atoms with Gasteiger partial charge in [0.1, 0.15) is 11.4 Å². The summed E-state index contributed by atoms with van der Waals surface area (Å²) in [6.07, 6.45) is 1.53. The minimum absolute atomic E-state index is 0.231. The van der Waals surface area contributed by atoms with Crippen molar-refractivity contribution in [2.75, 3.05) is 17.7 Å². The smallest absolute Gasteiger partial charge is 0.274 e. The molecule has 1 amide bonds. The largest absolute Gasteiger partial charge is 0.495 e. The number of anilines is 3. The molecule has 0 fully saturated rings. The Morgan fingerprint density at radius 1 is 1.11 bits per heavy atom. The standard InChI is InChI=1S/C20H19ClN4O2/c1-12-4-6-14(7-5-12)23-20-22-9-8-16(25-20)19(26)24-17-10-13(2)15(21)11-18(17)27-3/h4-11H,1-3H3,(H,24,26)(H,22,23,25). The van der Waals surface area contributed by atoms with Gasteiger partial charge in [0.05, 0.1) is 12.8 Å². The zero-order valence-electron chi connectivity index (χ0n) is 15.2. The van der Waals surface area contributed by atoms with Crippen molar-refractivity contribution < 1.29 is 9.53 Å². The first-order valence-electron chi connectivity index (χ1n) is 8.28. The summed E-state index contributed by atoms with van der Waals surface area (Å²) in [6, 6.07) is 12.8. The molecule has 138 valence electrons. The van der Waals surface area contributed by atoms with Crippen molar-refractivity contribution in [1.82, 2.24) is 9.97 Å². The summed E-state index contributed by atoms with van der Waals surface area (Å²) in [5.41, 5.74) is 3.58. The maximum absolute atomic E-state index is 12.6. The Morgan fingerprint density at radius 2 is 1.85 bits per heavy atom. The lowest BCUT2D eigenvalue weighted by Gasteiger charge is -2.12. The van der Waals surface area contributed by atoms with Gasteiger partial charge in [-0.2, -0.15) is 0 Å². The van der Waals surface area contributed by atoms with Crippen LogP contribution in [0.5, 0.6) is 5.75 Å². The van der Waals surface area contributed by atoms with Crippen LogP contribution < -0.4 is 15.4 Å². The number of hydrogen-bond donors (Lipinski definition) is 2. The SMILES string of the molecule is COc1cc(Cl)c(C)cc1NC(=O)c1ccnc(Nc2ccc(C)cc2)n1. The lowest BCUT2D eigenvalue weighted by Crippen LogP contribution is -2.15. The third-order valence-electron chi connectivity index (χ3n) is 3.92. The van der Waals surface area contributed by atoms with Crippen LogP contribution in [0.1, 0.15) is 21.6 Å². The topological polar surface area (TPSA) is 76.1 Å². The zero-order chi connectivity index (χ0) is 19.4. The fraction of sp³-hybridized carbons (Fsp3) is 0.150. The predicted molar refractivity (Wildman–Crippen MR) is 107 cm³/mol. The van der Waals surface area contributed by atoms with Crippen LogP contribution in [0, 0.1) is 13.8 Å². The second-order valence-corrected chi connectivity index (χ2v) is 6.42. The first kappa shape index (κ1) is 18.7. The van der Waals surface area contributed by atoms with Crippen molar-refractivity contribution in [2.45, 2.75) is 13.8 Å². The minimum atomic E-state index is -0.371. The van der Waals surface area contributed by atoms with Crippen molar-refractivity contribution in [3.8, 4) is 5.75 Å². The van der Waals surface area contributed by atoms with Crippen LogP contribution in [-0.2, 0) is 0 Å². The number of aryl methyl sites for hydroxylation is 2. The average Bonchev–Trinajstić information content (AvgIpc) is 2.66. The fourth-order valence-electron chi connectivity index (χ4n) is 2.43. The van der Waals surface area contributed by atoms with Crippen LogP contribution in [-0.4, -0.2) is 23.0 Å². The number of nitrogens with one attached hydrogen (secondary N) is 2. The van der Waals surface area contributed by atoms with Gasteiger partial charge in [0.25, 0.3) is 5.91 Å². The first-order chi connectivity index (χ1) is 13.0. The second-order valence-electron chi connectivity index (χ2n) is 6.01. The van der Waals surface area contributed by atoms with E-state index >= 15 is 0 Å². The number of carbonyl (C=O) groups is 1. The van der Waals surface area contributed by atoms with Gasteiger partial charge in [-0.25, -0.2) is 9.97 Å². The number of hydrogen-bond acceptors (Lipinski definition) is 5. The molecule has 1 aromatic heterocycles. The quantitative estimate of drug-likeness (QED) is 0.665. The molecule has 6 nitrogen and oxygen atoms in total. The van der Waals surface area contributed by atoms with E-state index in [1.165, 1.54) is 13.3 Å². The summed E-state index contributed by atoms with van der Waals surface area (Å²) in [5, 5.41) is 6.45. The number of carbonyl (C=O) groups excluding carboxylic acids is 1. The van der Waals surface area contributed by atoms with E-state index < -0.39 is 0 Å². The van der Waals surface area contributed by atoms with Gasteiger partial charge >= 0.3 is 0 Å². The molecule has 7 heteroatoms. The molecule has 0 atom stereocenters. The summed E-state index contributed by atoms with van der Waals surface area (Å²) < 4.78 is 5.29. The number of nitrogens with zero attached hydrogens (tertiary/aromatic N) is 2. The van der Waals surface area contributed by atoms with E-state index in [0.29, 0.717) is 22.4 Å². The van der Waals surface area contributed by atoms with Crippen LogP contribution in [0.2, 0.25) is 5.02 Å². The van der Waals surface area contributed by atoms with E-state index in [1.807, 2.05) is 38.1 Å². The molecule has 2 aromatic carbocycles. The highest BCUT2D eigenvalue weighted by molar-refractivity contribution is 6.31. The summed E-state index contributed by atoms with van der Waals surface area (Å²) in [4.78, 5) is 21.1. The molecule has 27 heavy (non-hydrogen) atoms. The van der Waals surface area contributed by atoms with Crippen LogP contribution in [0.15, 0.2) is 48.7 Å². The summed E-state index contributed by atoms with van der Waals surface area (Å²) in [7, 11) is 1.52. The minimum Gasteiger partial charge on any atom is -0.495 e. The molecule has 3 aromatic rings. The second kappa shape index (κ2) is 8.05. The molecule has 0 aliphatic heterocycles. The zero-order valence-corrected chi connectivity index (χ0v) is 16.0. The first-order valence-corrected chi connectivity index (χ1v) is 8.66. The molecule has 2 N–H and O–H groups in total. The third kappa shape index (κ3) is 4.54. The normalized spacial score (nSPS) is 10.4. The summed E-state index contributed by atoms with van der Waals surface area (Å²) in [5.74, 6) is 0.446. The highest BCUT2D eigenvalue weighted by Gasteiger charge is 2.14. The van der Waals surface area contributed by atoms with Crippen molar-refractivity contribution in [2.24, 2.45) is 0 Å². The fourth-order valence-corrected chi connectivity index (χ4v) is 2.58. The van der Waals surface area contributed by atoms with E-state index in [0.717, 1.165) is 16.8 Å². The molecular weight excluding hydrogens is 364 g/mol. The van der Waals surface area contributed by atoms with Crippen LogP contribution >= 0.6 is 11.6 Å². The molecule has 0 aliphatic carbocycles. The Morgan fingerprint density at radius 3 is 2.56 bits per heavy atom. The van der Waals surface area contributed by atoms with Gasteiger partial charge in [-0.1, -0.05) is 29.3 Å². The highest BCUT2D eigenvalue weighted by Crippen LogP contribution is 2.31. The lowest BCUT2D eigenvalue weighted by molar-refractivity contribution is 0.102. The predicted octanol–water partition coefficient (Wildman–Crippen LogP) is 4.75. The molecule has 0 bridgehead atoms. The molecule has 0 radical (unpaired) electrons. The van der Waals surface area contributed by atoms with Gasteiger partial charge in [-0.05, 0) is 43.7 Å². The molecule has 3 rings (SSSR count). The maximum atomic E-state index is 12.6. The van der Waals surface area contributed by atoms with Gasteiger partial charge in [0.15, 0.2) is 0 Å². The molecular formula is C20H19ClN4O2. The summed E-state index contributed by atoms with van der Waals surface area (Å²) >= 11 is 6.10. The van der Waals surface area contributed by atoms with E-state index in [9.17, 15) is 4.79 Å². The number of rotatable bonds is 5. The molecule has 0 aliphatic rings. The van der Waals surface area contributed by atoms with E-state index in [2.05, 4.69) is 20.6 Å². The maximum Gasteiger partial charge on any atom is 0.274 e. The van der Waals surface area contributed by atoms with Crippen molar-refractivity contribution >= 4 is 34.8 Å². The van der Waals surface area contributed by atoms with Crippen molar-refractivity contribution in [3.05, 3.63) is 70.5 Å². The number of methoxy groups -OCH3 is 1. The van der Waals surface area contributed by atoms with Crippen LogP contribution in [0.25, 0.3) is 0 Å². The van der Waals surface area contributed by atoms with E-state index in [1.54, 1.807) is 18.2 Å². The number of halogens is 1. The van der Waals surface area contributed by atoms with E-state index in [-0.39, 0.29) is 11.6 Å². The van der Waals surface area contributed by atoms with Crippen LogP contribution in [0.3, 0.4) is 0 Å². The van der Waals surface area contributed by atoms with Crippen molar-refractivity contribution in [3.63, 3.8) is 0 Å². The van der Waals surface area contributed by atoms with Crippen molar-refractivity contribution in [1.29, 1.82) is 0 Å². The molecule has 0 unspecified atom stereocenters. The number of ether oxygens (including phenoxy) is 1. The van der Waals surface area contributed by atoms with Gasteiger partial charge in [-0.15, -0.1) is 0 Å². The molecule has 1 heterocycles. The Balaban J connectivity index is 1.79. The number of aromatic nitrogens is 2.